The largest absolute Gasteiger partial charge is 0.481 e. The number of aliphatic carboxylic acids is 1. The Bertz CT molecular complexity index is 336. The van der Waals surface area contributed by atoms with Crippen molar-refractivity contribution in [3.63, 3.8) is 0 Å². The molecule has 3 amide bonds. The number of carbonyl (C=O) groups excluding carboxylic acids is 2. The minimum atomic E-state index is -1.19. The second-order valence-electron chi connectivity index (χ2n) is 4.39. The van der Waals surface area contributed by atoms with Crippen molar-refractivity contribution in [1.29, 1.82) is 0 Å². The molecule has 0 saturated carbocycles. The Morgan fingerprint density at radius 2 is 1.94 bits per heavy atom. The summed E-state index contributed by atoms with van der Waals surface area (Å²) < 4.78 is 0. The second kappa shape index (κ2) is 6.03. The molecule has 0 rings (SSSR count). The van der Waals surface area contributed by atoms with Crippen molar-refractivity contribution in [3.05, 3.63) is 12.7 Å². The van der Waals surface area contributed by atoms with Gasteiger partial charge in [-0.05, 0) is 13.8 Å². The van der Waals surface area contributed by atoms with Gasteiger partial charge in [0.25, 0.3) is 0 Å². The molecule has 6 nitrogen and oxygen atoms in total. The minimum absolute atomic E-state index is 0.254. The lowest BCUT2D eigenvalue weighted by molar-refractivity contribution is -0.149. The fourth-order valence-corrected chi connectivity index (χ4v) is 1.01. The highest BCUT2D eigenvalue weighted by Crippen LogP contribution is 2.19. The normalized spacial score (nSPS) is 10.5. The summed E-state index contributed by atoms with van der Waals surface area (Å²) in [6, 6.07) is -0.573. The van der Waals surface area contributed by atoms with E-state index in [-0.39, 0.29) is 6.42 Å². The van der Waals surface area contributed by atoms with Crippen molar-refractivity contribution in [2.75, 3.05) is 13.6 Å². The van der Waals surface area contributed by atoms with Crippen LogP contribution < -0.4 is 5.32 Å². The molecule has 0 atom stereocenters. The summed E-state index contributed by atoms with van der Waals surface area (Å²) in [6.07, 6.45) is 1.27. The molecule has 0 heterocycles. The van der Waals surface area contributed by atoms with Crippen molar-refractivity contribution in [2.24, 2.45) is 5.41 Å². The molecule has 0 aromatic rings. The van der Waals surface area contributed by atoms with Crippen molar-refractivity contribution in [1.82, 2.24) is 10.2 Å². The van der Waals surface area contributed by atoms with Gasteiger partial charge in [0.2, 0.25) is 5.91 Å². The number of carboxylic acids is 1. The SMILES string of the molecule is C=CCN(C)C(=O)NC(=O)CC(C)(C)C(=O)O. The summed E-state index contributed by atoms with van der Waals surface area (Å²) in [7, 11) is 1.51. The third kappa shape index (κ3) is 5.14. The molecular formula is C11H18N2O4. The van der Waals surface area contributed by atoms with Gasteiger partial charge >= 0.3 is 12.0 Å². The van der Waals surface area contributed by atoms with Crippen LogP contribution in [0.2, 0.25) is 0 Å². The van der Waals surface area contributed by atoms with Crippen LogP contribution in [-0.2, 0) is 9.59 Å². The van der Waals surface area contributed by atoms with Crippen LogP contribution in [0, 0.1) is 5.41 Å². The highest BCUT2D eigenvalue weighted by Gasteiger charge is 2.30. The van der Waals surface area contributed by atoms with Gasteiger partial charge in [-0.3, -0.25) is 14.9 Å². The van der Waals surface area contributed by atoms with Crippen molar-refractivity contribution in [2.45, 2.75) is 20.3 Å². The number of nitrogens with one attached hydrogen (secondary N) is 1. The topological polar surface area (TPSA) is 86.7 Å². The fraction of sp³-hybridized carbons (Fsp3) is 0.545. The maximum Gasteiger partial charge on any atom is 0.324 e. The molecule has 6 heteroatoms. The first-order chi connectivity index (χ1) is 7.70. The molecule has 0 aliphatic rings. The summed E-state index contributed by atoms with van der Waals surface area (Å²) in [5, 5.41) is 10.9. The van der Waals surface area contributed by atoms with Gasteiger partial charge in [-0.25, -0.2) is 4.79 Å². The molecule has 0 spiro atoms. The molecule has 0 saturated heterocycles. The molecule has 0 aromatic heterocycles. The van der Waals surface area contributed by atoms with E-state index in [1.54, 1.807) is 0 Å². The minimum Gasteiger partial charge on any atom is -0.481 e. The molecule has 0 bridgehead atoms. The average molecular weight is 242 g/mol. The van der Waals surface area contributed by atoms with Gasteiger partial charge in [0.15, 0.2) is 0 Å². The summed E-state index contributed by atoms with van der Waals surface area (Å²) in [4.78, 5) is 34.9. The molecule has 96 valence electrons. The predicted molar refractivity (Wildman–Crippen MR) is 62.4 cm³/mol. The van der Waals surface area contributed by atoms with E-state index in [0.717, 1.165) is 0 Å². The lowest BCUT2D eigenvalue weighted by Crippen LogP contribution is -2.43. The van der Waals surface area contributed by atoms with E-state index in [1.165, 1.54) is 31.9 Å². The van der Waals surface area contributed by atoms with Crippen LogP contribution in [0.4, 0.5) is 4.79 Å². The molecule has 17 heavy (non-hydrogen) atoms. The Hall–Kier alpha value is -1.85. The Balaban J connectivity index is 4.33. The number of urea groups is 1. The van der Waals surface area contributed by atoms with E-state index in [4.69, 9.17) is 5.11 Å². The van der Waals surface area contributed by atoms with E-state index in [9.17, 15) is 14.4 Å². The summed E-state index contributed by atoms with van der Waals surface area (Å²) in [5.41, 5.74) is -1.19. The Labute approximate surface area is 100 Å². The van der Waals surface area contributed by atoms with E-state index in [2.05, 4.69) is 11.9 Å². The number of hydrogen-bond donors (Lipinski definition) is 2. The van der Waals surface area contributed by atoms with Crippen molar-refractivity contribution in [3.8, 4) is 0 Å². The Morgan fingerprint density at radius 1 is 1.41 bits per heavy atom. The van der Waals surface area contributed by atoms with Crippen LogP contribution in [0.1, 0.15) is 20.3 Å². The van der Waals surface area contributed by atoms with E-state index >= 15 is 0 Å². The number of amides is 3. The highest BCUT2D eigenvalue weighted by molar-refractivity contribution is 5.96. The number of hydrogen-bond acceptors (Lipinski definition) is 3. The molecule has 0 aliphatic heterocycles. The van der Waals surface area contributed by atoms with Gasteiger partial charge in [0.05, 0.1) is 5.41 Å². The van der Waals surface area contributed by atoms with E-state index in [1.807, 2.05) is 0 Å². The number of carboxylic acid groups (broad SMARTS) is 1. The van der Waals surface area contributed by atoms with Gasteiger partial charge < -0.3 is 10.0 Å². The number of rotatable bonds is 5. The standard InChI is InChI=1S/C11H18N2O4/c1-5-6-13(4)10(17)12-8(14)7-11(2,3)9(15)16/h5H,1,6-7H2,2-4H3,(H,15,16)(H,12,14,17). The predicted octanol–water partition coefficient (Wildman–Crippen LogP) is 0.841. The maximum absolute atomic E-state index is 11.4. The van der Waals surface area contributed by atoms with Crippen LogP contribution in [0.3, 0.4) is 0 Å². The van der Waals surface area contributed by atoms with Gasteiger partial charge in [-0.15, -0.1) is 6.58 Å². The van der Waals surface area contributed by atoms with E-state index in [0.29, 0.717) is 6.54 Å². The summed E-state index contributed by atoms with van der Waals surface area (Å²) in [5.74, 6) is -1.70. The van der Waals surface area contributed by atoms with E-state index < -0.39 is 23.3 Å². The first-order valence-electron chi connectivity index (χ1n) is 5.10. The third-order valence-corrected chi connectivity index (χ3v) is 2.18. The average Bonchev–Trinajstić information content (AvgIpc) is 2.16. The number of likely N-dealkylation sites (N-methyl/N-ethyl adjacent to an activating group) is 1. The zero-order chi connectivity index (χ0) is 13.6. The van der Waals surface area contributed by atoms with Crippen LogP contribution in [0.15, 0.2) is 12.7 Å². The molecule has 0 aromatic carbocycles. The monoisotopic (exact) mass is 242 g/mol. The Morgan fingerprint density at radius 3 is 2.35 bits per heavy atom. The quantitative estimate of drug-likeness (QED) is 0.699. The lowest BCUT2D eigenvalue weighted by Gasteiger charge is -2.19. The molecule has 0 radical (unpaired) electrons. The van der Waals surface area contributed by atoms with Crippen LogP contribution >= 0.6 is 0 Å². The highest BCUT2D eigenvalue weighted by atomic mass is 16.4. The first-order valence-corrected chi connectivity index (χ1v) is 5.10. The molecular weight excluding hydrogens is 224 g/mol. The van der Waals surface area contributed by atoms with Crippen molar-refractivity contribution < 1.29 is 19.5 Å². The Kier molecular flexibility index (Phi) is 5.37. The van der Waals surface area contributed by atoms with Gasteiger partial charge in [0, 0.05) is 20.0 Å². The van der Waals surface area contributed by atoms with Crippen LogP contribution in [0.25, 0.3) is 0 Å². The molecule has 0 fully saturated rings. The fourth-order valence-electron chi connectivity index (χ4n) is 1.01. The number of carbonyl (C=O) groups is 3. The zero-order valence-electron chi connectivity index (χ0n) is 10.3. The summed E-state index contributed by atoms with van der Waals surface area (Å²) in [6.45, 7) is 6.61. The summed E-state index contributed by atoms with van der Waals surface area (Å²) >= 11 is 0. The molecule has 2 N–H and O–H groups in total. The third-order valence-electron chi connectivity index (χ3n) is 2.18. The van der Waals surface area contributed by atoms with Crippen LogP contribution in [0.5, 0.6) is 0 Å². The number of imide groups is 1. The lowest BCUT2D eigenvalue weighted by atomic mass is 9.89. The maximum atomic E-state index is 11.4. The van der Waals surface area contributed by atoms with Gasteiger partial charge in [-0.1, -0.05) is 6.08 Å². The number of nitrogens with zero attached hydrogens (tertiary/aromatic N) is 1. The second-order valence-corrected chi connectivity index (χ2v) is 4.39. The zero-order valence-corrected chi connectivity index (χ0v) is 10.3. The first kappa shape index (κ1) is 15.2. The molecule has 0 unspecified atom stereocenters. The van der Waals surface area contributed by atoms with Gasteiger partial charge in [-0.2, -0.15) is 0 Å². The van der Waals surface area contributed by atoms with Crippen LogP contribution in [-0.4, -0.2) is 41.5 Å². The molecule has 0 aliphatic carbocycles. The smallest absolute Gasteiger partial charge is 0.324 e. The van der Waals surface area contributed by atoms with Crippen molar-refractivity contribution >= 4 is 17.9 Å². The van der Waals surface area contributed by atoms with Gasteiger partial charge in [0.1, 0.15) is 0 Å².